The number of carbonyl (C=O) groups excluding carboxylic acids is 1. The van der Waals surface area contributed by atoms with Crippen LogP contribution in [0.5, 0.6) is 0 Å². The lowest BCUT2D eigenvalue weighted by molar-refractivity contribution is -0.123. The fraction of sp³-hybridized carbons (Fsp3) is 0.909. The predicted molar refractivity (Wildman–Crippen MR) is 68.8 cm³/mol. The first-order valence-electron chi connectivity index (χ1n) is 5.83. The second kappa shape index (κ2) is 7.87. The Labute approximate surface area is 104 Å². The van der Waals surface area contributed by atoms with E-state index in [1.807, 2.05) is 18.9 Å². The molecule has 0 bridgehead atoms. The molecule has 4 nitrogen and oxygen atoms in total. The largest absolute Gasteiger partial charge is 0.352 e. The first kappa shape index (κ1) is 15.7. The van der Waals surface area contributed by atoms with E-state index < -0.39 is 0 Å². The maximum Gasteiger partial charge on any atom is 0.234 e. The third-order valence-electron chi connectivity index (χ3n) is 3.21. The highest BCUT2D eigenvalue weighted by Crippen LogP contribution is 2.17. The molecule has 1 atom stereocenters. The van der Waals surface area contributed by atoms with Gasteiger partial charge in [-0.2, -0.15) is 0 Å². The molecule has 1 unspecified atom stereocenters. The molecule has 0 aromatic heterocycles. The molecule has 1 fully saturated rings. The molecule has 16 heavy (non-hydrogen) atoms. The van der Waals surface area contributed by atoms with Gasteiger partial charge in [-0.05, 0) is 26.8 Å². The van der Waals surface area contributed by atoms with Gasteiger partial charge < -0.3 is 11.1 Å². The highest BCUT2D eigenvalue weighted by molar-refractivity contribution is 5.85. The summed E-state index contributed by atoms with van der Waals surface area (Å²) in [6.45, 7) is 3.07. The van der Waals surface area contributed by atoms with Gasteiger partial charge in [-0.25, -0.2) is 0 Å². The van der Waals surface area contributed by atoms with Crippen molar-refractivity contribution in [1.82, 2.24) is 10.2 Å². The van der Waals surface area contributed by atoms with Gasteiger partial charge in [-0.3, -0.25) is 9.69 Å². The van der Waals surface area contributed by atoms with Crippen molar-refractivity contribution in [3.8, 4) is 0 Å². The van der Waals surface area contributed by atoms with Crippen LogP contribution in [0.25, 0.3) is 0 Å². The van der Waals surface area contributed by atoms with Crippen molar-refractivity contribution in [2.24, 2.45) is 5.73 Å². The number of halogens is 1. The number of carbonyl (C=O) groups is 1. The molecule has 0 heterocycles. The number of nitrogens with one attached hydrogen (secondary N) is 1. The quantitative estimate of drug-likeness (QED) is 0.756. The summed E-state index contributed by atoms with van der Waals surface area (Å²) in [7, 11) is 1.94. The van der Waals surface area contributed by atoms with E-state index in [0.29, 0.717) is 19.1 Å². The van der Waals surface area contributed by atoms with E-state index in [4.69, 9.17) is 5.73 Å². The van der Waals surface area contributed by atoms with Crippen LogP contribution < -0.4 is 11.1 Å². The van der Waals surface area contributed by atoms with E-state index >= 15 is 0 Å². The fourth-order valence-electron chi connectivity index (χ4n) is 1.91. The minimum absolute atomic E-state index is 0. The van der Waals surface area contributed by atoms with Crippen LogP contribution in [0.3, 0.4) is 0 Å². The lowest BCUT2D eigenvalue weighted by atomic mass is 10.2. The van der Waals surface area contributed by atoms with Gasteiger partial charge in [0.15, 0.2) is 0 Å². The number of amides is 1. The van der Waals surface area contributed by atoms with E-state index in [2.05, 4.69) is 5.32 Å². The predicted octanol–water partition coefficient (Wildman–Crippen LogP) is 0.746. The minimum Gasteiger partial charge on any atom is -0.352 e. The van der Waals surface area contributed by atoms with Gasteiger partial charge in [0.2, 0.25) is 5.91 Å². The molecule has 0 saturated heterocycles. The number of nitrogens with two attached hydrogens (primary N) is 1. The maximum absolute atomic E-state index is 11.6. The average molecular weight is 250 g/mol. The molecule has 0 aromatic rings. The van der Waals surface area contributed by atoms with Crippen LogP contribution in [0, 0.1) is 0 Å². The number of rotatable bonds is 5. The van der Waals surface area contributed by atoms with Crippen molar-refractivity contribution < 1.29 is 4.79 Å². The Morgan fingerprint density at radius 2 is 2.06 bits per heavy atom. The SMILES string of the molecule is CC(CN)N(C)CC(=O)NC1CCCC1.Cl. The Balaban J connectivity index is 0.00000225. The Morgan fingerprint density at radius 1 is 1.50 bits per heavy atom. The van der Waals surface area contributed by atoms with E-state index in [-0.39, 0.29) is 24.4 Å². The monoisotopic (exact) mass is 249 g/mol. The van der Waals surface area contributed by atoms with Crippen molar-refractivity contribution >= 4 is 18.3 Å². The van der Waals surface area contributed by atoms with Crippen molar-refractivity contribution in [3.63, 3.8) is 0 Å². The van der Waals surface area contributed by atoms with Crippen molar-refractivity contribution in [1.29, 1.82) is 0 Å². The summed E-state index contributed by atoms with van der Waals surface area (Å²) in [5.74, 6) is 0.129. The maximum atomic E-state index is 11.6. The van der Waals surface area contributed by atoms with Crippen molar-refractivity contribution in [2.45, 2.75) is 44.7 Å². The van der Waals surface area contributed by atoms with Gasteiger partial charge in [-0.15, -0.1) is 12.4 Å². The molecule has 0 aromatic carbocycles. The second-order valence-electron chi connectivity index (χ2n) is 4.55. The number of hydrogen-bond donors (Lipinski definition) is 2. The topological polar surface area (TPSA) is 58.4 Å². The number of likely N-dealkylation sites (N-methyl/N-ethyl adjacent to an activating group) is 1. The van der Waals surface area contributed by atoms with Gasteiger partial charge in [-0.1, -0.05) is 12.8 Å². The first-order valence-corrected chi connectivity index (χ1v) is 5.83. The van der Waals surface area contributed by atoms with E-state index in [9.17, 15) is 4.79 Å². The minimum atomic E-state index is 0. The summed E-state index contributed by atoms with van der Waals surface area (Å²) in [4.78, 5) is 13.6. The van der Waals surface area contributed by atoms with Crippen LogP contribution in [-0.4, -0.2) is 43.0 Å². The van der Waals surface area contributed by atoms with E-state index in [1.54, 1.807) is 0 Å². The molecule has 5 heteroatoms. The van der Waals surface area contributed by atoms with Gasteiger partial charge in [0, 0.05) is 18.6 Å². The Kier molecular flexibility index (Phi) is 7.72. The van der Waals surface area contributed by atoms with Crippen molar-refractivity contribution in [2.75, 3.05) is 20.1 Å². The standard InChI is InChI=1S/C11H23N3O.ClH/c1-9(7-12)14(2)8-11(15)13-10-5-3-4-6-10;/h9-10H,3-8,12H2,1-2H3,(H,13,15);1H. The van der Waals surface area contributed by atoms with Crippen LogP contribution in [-0.2, 0) is 4.79 Å². The Morgan fingerprint density at radius 3 is 2.56 bits per heavy atom. The zero-order valence-electron chi connectivity index (χ0n) is 10.2. The fourth-order valence-corrected chi connectivity index (χ4v) is 1.91. The second-order valence-corrected chi connectivity index (χ2v) is 4.55. The molecule has 0 radical (unpaired) electrons. The van der Waals surface area contributed by atoms with Crippen LogP contribution in [0.1, 0.15) is 32.6 Å². The molecule has 0 spiro atoms. The van der Waals surface area contributed by atoms with Crippen LogP contribution in [0.2, 0.25) is 0 Å². The summed E-state index contributed by atoms with van der Waals surface area (Å²) < 4.78 is 0. The summed E-state index contributed by atoms with van der Waals surface area (Å²) in [6.07, 6.45) is 4.78. The molecule has 0 aliphatic heterocycles. The van der Waals surface area contributed by atoms with E-state index in [0.717, 1.165) is 12.8 Å². The van der Waals surface area contributed by atoms with Crippen LogP contribution in [0.4, 0.5) is 0 Å². The van der Waals surface area contributed by atoms with E-state index in [1.165, 1.54) is 12.8 Å². The average Bonchev–Trinajstić information content (AvgIpc) is 2.68. The third-order valence-corrected chi connectivity index (χ3v) is 3.21. The van der Waals surface area contributed by atoms with Crippen LogP contribution in [0.15, 0.2) is 0 Å². The molecule has 1 aliphatic rings. The number of nitrogens with zero attached hydrogens (tertiary/aromatic N) is 1. The van der Waals surface area contributed by atoms with Crippen LogP contribution >= 0.6 is 12.4 Å². The molecule has 1 saturated carbocycles. The zero-order chi connectivity index (χ0) is 11.3. The van der Waals surface area contributed by atoms with Gasteiger partial charge in [0.05, 0.1) is 6.54 Å². The summed E-state index contributed by atoms with van der Waals surface area (Å²) in [5.41, 5.74) is 5.54. The zero-order valence-corrected chi connectivity index (χ0v) is 11.1. The molecular formula is C11H24ClN3O. The smallest absolute Gasteiger partial charge is 0.234 e. The molecule has 96 valence electrons. The molecule has 1 amide bonds. The third kappa shape index (κ3) is 5.14. The molecule has 1 aliphatic carbocycles. The van der Waals surface area contributed by atoms with Gasteiger partial charge in [0.25, 0.3) is 0 Å². The first-order chi connectivity index (χ1) is 7.13. The summed E-state index contributed by atoms with van der Waals surface area (Å²) in [6, 6.07) is 0.679. The highest BCUT2D eigenvalue weighted by Gasteiger charge is 2.18. The summed E-state index contributed by atoms with van der Waals surface area (Å²) in [5, 5.41) is 3.07. The lowest BCUT2D eigenvalue weighted by Gasteiger charge is -2.23. The Hall–Kier alpha value is -0.320. The highest BCUT2D eigenvalue weighted by atomic mass is 35.5. The van der Waals surface area contributed by atoms with Gasteiger partial charge >= 0.3 is 0 Å². The number of hydrogen-bond acceptors (Lipinski definition) is 3. The lowest BCUT2D eigenvalue weighted by Crippen LogP contribution is -2.44. The van der Waals surface area contributed by atoms with Gasteiger partial charge in [0.1, 0.15) is 0 Å². The Bertz CT molecular complexity index is 207. The normalized spacial score (nSPS) is 18.2. The molecule has 3 N–H and O–H groups in total. The van der Waals surface area contributed by atoms with Crippen molar-refractivity contribution in [3.05, 3.63) is 0 Å². The summed E-state index contributed by atoms with van der Waals surface area (Å²) >= 11 is 0. The molecule has 1 rings (SSSR count). The molecular weight excluding hydrogens is 226 g/mol.